The zero-order valence-electron chi connectivity index (χ0n) is 10.1. The van der Waals surface area contributed by atoms with Crippen LogP contribution >= 0.6 is 0 Å². The Morgan fingerprint density at radius 3 is 2.21 bits per heavy atom. The van der Waals surface area contributed by atoms with Crippen molar-refractivity contribution in [1.29, 1.82) is 0 Å². The summed E-state index contributed by atoms with van der Waals surface area (Å²) in [6.07, 6.45) is 5.56. The van der Waals surface area contributed by atoms with Crippen molar-refractivity contribution < 1.29 is 4.74 Å². The van der Waals surface area contributed by atoms with E-state index in [1.807, 2.05) is 6.92 Å². The van der Waals surface area contributed by atoms with Gasteiger partial charge in [-0.1, -0.05) is 33.6 Å². The molecule has 2 unspecified atom stereocenters. The Hall–Kier alpha value is -0.520. The Labute approximate surface area is 88.4 Å². The van der Waals surface area contributed by atoms with Crippen molar-refractivity contribution >= 4 is 0 Å². The van der Waals surface area contributed by atoms with Crippen molar-refractivity contribution in [3.05, 3.63) is 0 Å². The van der Waals surface area contributed by atoms with Crippen LogP contribution in [0.2, 0.25) is 0 Å². The van der Waals surface area contributed by atoms with Crippen LogP contribution in [-0.2, 0) is 4.74 Å². The second-order valence-corrected chi connectivity index (χ2v) is 4.44. The fraction of sp³-hybridized carbons (Fsp3) is 0.833. The average molecular weight is 197 g/mol. The molecule has 0 heterocycles. The second-order valence-electron chi connectivity index (χ2n) is 4.44. The summed E-state index contributed by atoms with van der Waals surface area (Å²) < 4.78 is 5.71. The molecule has 82 valence electrons. The molecule has 1 N–H and O–H groups in total. The van der Waals surface area contributed by atoms with Crippen LogP contribution in [0.4, 0.5) is 0 Å². The number of terminal acetylenes is 1. The molecular formula is C12H23NO. The van der Waals surface area contributed by atoms with E-state index < -0.39 is 0 Å². The summed E-state index contributed by atoms with van der Waals surface area (Å²) in [4.78, 5) is 0. The van der Waals surface area contributed by atoms with E-state index in [0.717, 1.165) is 6.54 Å². The number of hydrogen-bond donors (Lipinski definition) is 1. The molecule has 0 saturated carbocycles. The van der Waals surface area contributed by atoms with Crippen LogP contribution in [0.5, 0.6) is 0 Å². The van der Waals surface area contributed by atoms with E-state index in [1.165, 1.54) is 0 Å². The van der Waals surface area contributed by atoms with Gasteiger partial charge in [0.25, 0.3) is 0 Å². The van der Waals surface area contributed by atoms with Crippen LogP contribution < -0.4 is 5.32 Å². The molecule has 0 spiro atoms. The molecule has 0 aliphatic rings. The van der Waals surface area contributed by atoms with E-state index in [2.05, 4.69) is 38.9 Å². The highest BCUT2D eigenvalue weighted by atomic mass is 16.5. The van der Waals surface area contributed by atoms with Crippen molar-refractivity contribution in [2.45, 2.75) is 46.8 Å². The Bertz CT molecular complexity index is 187. The van der Waals surface area contributed by atoms with Crippen LogP contribution in [0.25, 0.3) is 0 Å². The first-order chi connectivity index (χ1) is 6.47. The molecule has 0 aliphatic heterocycles. The van der Waals surface area contributed by atoms with Gasteiger partial charge in [-0.15, -0.1) is 6.42 Å². The highest BCUT2D eigenvalue weighted by Gasteiger charge is 2.31. The second kappa shape index (κ2) is 6.06. The monoisotopic (exact) mass is 197 g/mol. The van der Waals surface area contributed by atoms with E-state index >= 15 is 0 Å². The zero-order chi connectivity index (χ0) is 11.2. The predicted octanol–water partition coefficient (Wildman–Crippen LogP) is 2.05. The number of hydrogen-bond acceptors (Lipinski definition) is 2. The minimum absolute atomic E-state index is 0.0000463. The van der Waals surface area contributed by atoms with E-state index in [9.17, 15) is 0 Å². The molecule has 14 heavy (non-hydrogen) atoms. The van der Waals surface area contributed by atoms with E-state index in [1.54, 1.807) is 0 Å². The summed E-state index contributed by atoms with van der Waals surface area (Å²) in [5, 5.41) is 3.26. The van der Waals surface area contributed by atoms with Crippen LogP contribution in [0.1, 0.15) is 34.6 Å². The first-order valence-electron chi connectivity index (χ1n) is 5.28. The largest absolute Gasteiger partial charge is 0.375 e. The standard InChI is InChI=1S/C12H23NO/c1-7-10(13-8-2)11(14-9-3)12(4,5)6/h1,10-11,13H,8-9H2,2-6H3. The highest BCUT2D eigenvalue weighted by molar-refractivity contribution is 5.06. The molecule has 0 bridgehead atoms. The van der Waals surface area contributed by atoms with Gasteiger partial charge in [-0.2, -0.15) is 0 Å². The first-order valence-corrected chi connectivity index (χ1v) is 5.28. The van der Waals surface area contributed by atoms with Gasteiger partial charge in [-0.05, 0) is 18.9 Å². The Kier molecular flexibility index (Phi) is 5.83. The van der Waals surface area contributed by atoms with Crippen molar-refractivity contribution in [3.63, 3.8) is 0 Å². The number of rotatable bonds is 5. The van der Waals surface area contributed by atoms with Crippen molar-refractivity contribution in [3.8, 4) is 12.3 Å². The lowest BCUT2D eigenvalue weighted by Crippen LogP contribution is -2.47. The van der Waals surface area contributed by atoms with Gasteiger partial charge in [0.15, 0.2) is 0 Å². The van der Waals surface area contributed by atoms with Gasteiger partial charge in [-0.25, -0.2) is 0 Å². The lowest BCUT2D eigenvalue weighted by atomic mass is 9.84. The zero-order valence-corrected chi connectivity index (χ0v) is 10.1. The summed E-state index contributed by atoms with van der Waals surface area (Å²) in [7, 11) is 0. The summed E-state index contributed by atoms with van der Waals surface area (Å²) in [5.74, 6) is 2.76. The molecule has 0 rings (SSSR count). The van der Waals surface area contributed by atoms with Gasteiger partial charge >= 0.3 is 0 Å². The maximum Gasteiger partial charge on any atom is 0.0957 e. The maximum atomic E-state index is 5.71. The molecule has 0 radical (unpaired) electrons. The van der Waals surface area contributed by atoms with Crippen molar-refractivity contribution in [2.75, 3.05) is 13.2 Å². The number of nitrogens with one attached hydrogen (secondary N) is 1. The quantitative estimate of drug-likeness (QED) is 0.681. The molecule has 0 saturated heterocycles. The normalized spacial score (nSPS) is 16.0. The third-order valence-corrected chi connectivity index (χ3v) is 2.11. The van der Waals surface area contributed by atoms with Gasteiger partial charge in [0.2, 0.25) is 0 Å². The SMILES string of the molecule is C#CC(NCC)C(OCC)C(C)(C)C. The molecule has 2 nitrogen and oxygen atoms in total. The first kappa shape index (κ1) is 13.5. The average Bonchev–Trinajstić information content (AvgIpc) is 2.09. The van der Waals surface area contributed by atoms with Crippen LogP contribution in [0.15, 0.2) is 0 Å². The van der Waals surface area contributed by atoms with E-state index in [4.69, 9.17) is 11.2 Å². The summed E-state index contributed by atoms with van der Waals surface area (Å²) in [5.41, 5.74) is 0.0647. The van der Waals surface area contributed by atoms with Gasteiger partial charge in [0, 0.05) is 6.61 Å². The molecular weight excluding hydrogens is 174 g/mol. The van der Waals surface area contributed by atoms with Crippen LogP contribution in [0, 0.1) is 17.8 Å². The number of ether oxygens (including phenoxy) is 1. The third-order valence-electron chi connectivity index (χ3n) is 2.11. The molecule has 0 fully saturated rings. The Morgan fingerprint density at radius 2 is 1.93 bits per heavy atom. The van der Waals surface area contributed by atoms with Gasteiger partial charge in [0.05, 0.1) is 12.1 Å². The predicted molar refractivity (Wildman–Crippen MR) is 61.2 cm³/mol. The van der Waals surface area contributed by atoms with Crippen molar-refractivity contribution in [2.24, 2.45) is 5.41 Å². The summed E-state index contributed by atoms with van der Waals surface area (Å²) in [6.45, 7) is 12.1. The molecule has 0 aromatic rings. The van der Waals surface area contributed by atoms with Crippen LogP contribution in [-0.4, -0.2) is 25.3 Å². The minimum Gasteiger partial charge on any atom is -0.375 e. The highest BCUT2D eigenvalue weighted by Crippen LogP contribution is 2.24. The minimum atomic E-state index is -0.0000463. The van der Waals surface area contributed by atoms with E-state index in [-0.39, 0.29) is 17.6 Å². The Balaban J connectivity index is 4.54. The maximum absolute atomic E-state index is 5.71. The third kappa shape index (κ3) is 4.13. The molecule has 0 amide bonds. The fourth-order valence-electron chi connectivity index (χ4n) is 1.50. The lowest BCUT2D eigenvalue weighted by molar-refractivity contribution is -0.0234. The lowest BCUT2D eigenvalue weighted by Gasteiger charge is -2.34. The van der Waals surface area contributed by atoms with Crippen molar-refractivity contribution in [1.82, 2.24) is 5.32 Å². The molecule has 2 heteroatoms. The molecule has 0 aromatic heterocycles. The summed E-state index contributed by atoms with van der Waals surface area (Å²) in [6, 6.07) is -0.0000463. The van der Waals surface area contributed by atoms with Crippen LogP contribution in [0.3, 0.4) is 0 Å². The van der Waals surface area contributed by atoms with Gasteiger partial charge in [-0.3, -0.25) is 0 Å². The fourth-order valence-corrected chi connectivity index (χ4v) is 1.50. The summed E-state index contributed by atoms with van der Waals surface area (Å²) >= 11 is 0. The molecule has 0 aromatic carbocycles. The topological polar surface area (TPSA) is 21.3 Å². The molecule has 2 atom stereocenters. The van der Waals surface area contributed by atoms with Gasteiger partial charge in [0.1, 0.15) is 0 Å². The Morgan fingerprint density at radius 1 is 1.36 bits per heavy atom. The van der Waals surface area contributed by atoms with E-state index in [0.29, 0.717) is 6.61 Å². The van der Waals surface area contributed by atoms with Gasteiger partial charge < -0.3 is 10.1 Å². The molecule has 0 aliphatic carbocycles. The number of likely N-dealkylation sites (N-methyl/N-ethyl adjacent to an activating group) is 1. The smallest absolute Gasteiger partial charge is 0.0957 e.